The first kappa shape index (κ1) is 23.9. The van der Waals surface area contributed by atoms with Crippen LogP contribution >= 0.6 is 23.7 Å². The molecule has 6 rings (SSSR count). The highest BCUT2D eigenvalue weighted by Crippen LogP contribution is 2.31. The van der Waals surface area contributed by atoms with Crippen molar-refractivity contribution in [3.8, 4) is 0 Å². The Bertz CT molecular complexity index is 1240. The topological polar surface area (TPSA) is 117 Å². The van der Waals surface area contributed by atoms with E-state index in [0.717, 1.165) is 42.6 Å². The van der Waals surface area contributed by atoms with Crippen LogP contribution in [0.3, 0.4) is 0 Å². The van der Waals surface area contributed by atoms with Crippen LogP contribution in [0.15, 0.2) is 48.5 Å². The summed E-state index contributed by atoms with van der Waals surface area (Å²) < 4.78 is 0.873. The van der Waals surface area contributed by atoms with Gasteiger partial charge in [0.05, 0.1) is 9.80 Å². The van der Waals surface area contributed by atoms with Gasteiger partial charge in [0.25, 0.3) is 11.6 Å². The number of nitrogens with zero attached hydrogens (tertiary/aromatic N) is 2. The largest absolute Gasteiger partial charge is 0.347 e. The first-order valence-corrected chi connectivity index (χ1v) is 11.7. The van der Waals surface area contributed by atoms with Crippen LogP contribution in [0.5, 0.6) is 0 Å². The number of rotatable bonds is 5. The summed E-state index contributed by atoms with van der Waals surface area (Å²) >= 11 is 1.38. The quantitative estimate of drug-likeness (QED) is 0.346. The van der Waals surface area contributed by atoms with Gasteiger partial charge in [-0.3, -0.25) is 14.9 Å². The number of para-hydroxylation sites is 2. The van der Waals surface area contributed by atoms with Crippen molar-refractivity contribution in [3.63, 3.8) is 0 Å². The Morgan fingerprint density at radius 3 is 2.53 bits per heavy atom. The van der Waals surface area contributed by atoms with Gasteiger partial charge in [0.15, 0.2) is 0 Å². The van der Waals surface area contributed by atoms with Gasteiger partial charge in [0, 0.05) is 29.0 Å². The summed E-state index contributed by atoms with van der Waals surface area (Å²) in [6.07, 6.45) is 2.28. The minimum atomic E-state index is -0.583. The maximum absolute atomic E-state index is 12.9. The average Bonchev–Trinajstić information content (AvgIpc) is 3.24. The number of anilines is 2. The van der Waals surface area contributed by atoms with E-state index in [-0.39, 0.29) is 35.7 Å². The highest BCUT2D eigenvalue weighted by atomic mass is 35.5. The van der Waals surface area contributed by atoms with E-state index < -0.39 is 11.0 Å². The van der Waals surface area contributed by atoms with Crippen LogP contribution in [0.1, 0.15) is 22.5 Å². The summed E-state index contributed by atoms with van der Waals surface area (Å²) in [6, 6.07) is 12.8. The maximum Gasteiger partial charge on any atom is 0.323 e. The molecule has 178 valence electrons. The summed E-state index contributed by atoms with van der Waals surface area (Å²) in [7, 11) is 0. The molecule has 3 aromatic rings. The van der Waals surface area contributed by atoms with Crippen LogP contribution in [0.25, 0.3) is 10.1 Å². The number of urea groups is 1. The Morgan fingerprint density at radius 2 is 1.82 bits per heavy atom. The number of nitrogens with one attached hydrogen (secondary N) is 3. The molecule has 0 spiro atoms. The Labute approximate surface area is 206 Å². The Kier molecular flexibility index (Phi) is 7.01. The molecule has 3 saturated heterocycles. The number of hydrogen-bond donors (Lipinski definition) is 3. The van der Waals surface area contributed by atoms with Crippen molar-refractivity contribution in [1.29, 1.82) is 0 Å². The Hall–Kier alpha value is -3.21. The smallest absolute Gasteiger partial charge is 0.323 e. The lowest BCUT2D eigenvalue weighted by Gasteiger charge is -2.44. The lowest BCUT2D eigenvalue weighted by Crippen LogP contribution is -2.57. The third kappa shape index (κ3) is 4.98. The molecule has 4 heterocycles. The minimum absolute atomic E-state index is 0. The molecule has 3 aliphatic heterocycles. The third-order valence-corrected chi connectivity index (χ3v) is 7.42. The van der Waals surface area contributed by atoms with Gasteiger partial charge in [-0.1, -0.05) is 18.2 Å². The second kappa shape index (κ2) is 9.96. The molecule has 0 saturated carbocycles. The van der Waals surface area contributed by atoms with Crippen molar-refractivity contribution in [2.75, 3.05) is 30.3 Å². The standard InChI is InChI=1S/C23H23N5O4S.ClH/c29-22(25-18-13-27-9-7-14(18)8-10-27)21-11-15-5-6-16(12-20(15)33-21)24-23(30)26-17-3-1-2-4-19(17)28(31)32;/h1-6,11-12,14,18H,7-10,13H2,(H,25,29)(H2,24,26,30);1H/t18-;/m0./s1. The van der Waals surface area contributed by atoms with E-state index in [1.54, 1.807) is 18.2 Å². The molecule has 0 radical (unpaired) electrons. The van der Waals surface area contributed by atoms with Gasteiger partial charge >= 0.3 is 6.03 Å². The fraction of sp³-hybridized carbons (Fsp3) is 0.304. The highest BCUT2D eigenvalue weighted by molar-refractivity contribution is 7.20. The van der Waals surface area contributed by atoms with E-state index in [0.29, 0.717) is 16.5 Å². The highest BCUT2D eigenvalue weighted by Gasteiger charge is 2.35. The lowest BCUT2D eigenvalue weighted by atomic mass is 9.84. The molecule has 1 aromatic heterocycles. The summed E-state index contributed by atoms with van der Waals surface area (Å²) in [6.45, 7) is 3.17. The SMILES string of the molecule is Cl.O=C(Nc1ccc2cc(C(=O)N[C@H]3CN4CCC3CC4)sc2c1)Nc1ccccc1[N+](=O)[O-]. The van der Waals surface area contributed by atoms with E-state index in [1.807, 2.05) is 12.1 Å². The number of amides is 3. The zero-order valence-corrected chi connectivity index (χ0v) is 19.8. The van der Waals surface area contributed by atoms with E-state index in [2.05, 4.69) is 20.9 Å². The Balaban J connectivity index is 0.00000274. The summed E-state index contributed by atoms with van der Waals surface area (Å²) in [4.78, 5) is 38.9. The van der Waals surface area contributed by atoms with Gasteiger partial charge in [-0.2, -0.15) is 0 Å². The van der Waals surface area contributed by atoms with Gasteiger partial charge in [0.1, 0.15) is 5.69 Å². The molecular formula is C23H24ClN5O4S. The van der Waals surface area contributed by atoms with Gasteiger partial charge in [-0.05, 0) is 61.5 Å². The van der Waals surface area contributed by atoms with Crippen molar-refractivity contribution in [3.05, 3.63) is 63.5 Å². The number of halogens is 1. The third-order valence-electron chi connectivity index (χ3n) is 6.32. The monoisotopic (exact) mass is 501 g/mol. The first-order chi connectivity index (χ1) is 16.0. The van der Waals surface area contributed by atoms with Crippen molar-refractivity contribution in [2.24, 2.45) is 5.92 Å². The van der Waals surface area contributed by atoms with Gasteiger partial charge in [-0.25, -0.2) is 4.79 Å². The number of carbonyl (C=O) groups is 2. The molecule has 3 aliphatic rings. The molecule has 0 aliphatic carbocycles. The molecule has 3 fully saturated rings. The van der Waals surface area contributed by atoms with Gasteiger partial charge < -0.3 is 20.9 Å². The van der Waals surface area contributed by atoms with Gasteiger partial charge in [-0.15, -0.1) is 23.7 Å². The van der Waals surface area contributed by atoms with Crippen molar-refractivity contribution < 1.29 is 14.5 Å². The van der Waals surface area contributed by atoms with Crippen molar-refractivity contribution in [2.45, 2.75) is 18.9 Å². The van der Waals surface area contributed by atoms with Crippen LogP contribution in [-0.2, 0) is 0 Å². The fourth-order valence-corrected chi connectivity index (χ4v) is 5.62. The van der Waals surface area contributed by atoms with E-state index in [4.69, 9.17) is 0 Å². The average molecular weight is 502 g/mol. The molecule has 0 unspecified atom stereocenters. The lowest BCUT2D eigenvalue weighted by molar-refractivity contribution is -0.383. The van der Waals surface area contributed by atoms with Crippen LogP contribution in [0.4, 0.5) is 21.9 Å². The zero-order valence-electron chi connectivity index (χ0n) is 18.2. The molecule has 34 heavy (non-hydrogen) atoms. The molecular weight excluding hydrogens is 478 g/mol. The Morgan fingerprint density at radius 1 is 1.06 bits per heavy atom. The van der Waals surface area contributed by atoms with E-state index >= 15 is 0 Å². The number of hydrogen-bond acceptors (Lipinski definition) is 6. The fourth-order valence-electron chi connectivity index (χ4n) is 4.61. The molecule has 2 aromatic carbocycles. The number of piperidine rings is 3. The summed E-state index contributed by atoms with van der Waals surface area (Å²) in [5, 5.41) is 20.5. The second-order valence-corrected chi connectivity index (χ2v) is 9.52. The molecule has 9 nitrogen and oxygen atoms in total. The summed E-state index contributed by atoms with van der Waals surface area (Å²) in [5.74, 6) is 0.502. The number of fused-ring (bicyclic) bond motifs is 4. The molecule has 1 atom stereocenters. The number of nitro benzene ring substituents is 1. The predicted molar refractivity (Wildman–Crippen MR) is 135 cm³/mol. The molecule has 11 heteroatoms. The number of thiophene rings is 1. The maximum atomic E-state index is 12.9. The summed E-state index contributed by atoms with van der Waals surface area (Å²) in [5.41, 5.74) is 0.466. The van der Waals surface area contributed by atoms with Crippen LogP contribution in [-0.4, -0.2) is 47.4 Å². The van der Waals surface area contributed by atoms with E-state index in [9.17, 15) is 19.7 Å². The first-order valence-electron chi connectivity index (χ1n) is 10.8. The molecule has 3 amide bonds. The van der Waals surface area contributed by atoms with Crippen molar-refractivity contribution >= 4 is 62.8 Å². The van der Waals surface area contributed by atoms with E-state index in [1.165, 1.54) is 29.5 Å². The van der Waals surface area contributed by atoms with Crippen LogP contribution < -0.4 is 16.0 Å². The van der Waals surface area contributed by atoms with Gasteiger partial charge in [0.2, 0.25) is 0 Å². The number of benzene rings is 2. The normalized spacial score (nSPS) is 20.9. The van der Waals surface area contributed by atoms with Crippen LogP contribution in [0, 0.1) is 16.0 Å². The number of nitro groups is 1. The molecule has 3 N–H and O–H groups in total. The van der Waals surface area contributed by atoms with Crippen LogP contribution in [0.2, 0.25) is 0 Å². The second-order valence-electron chi connectivity index (χ2n) is 8.43. The predicted octanol–water partition coefficient (Wildman–Crippen LogP) is 4.70. The number of carbonyl (C=O) groups excluding carboxylic acids is 2. The minimum Gasteiger partial charge on any atom is -0.347 e. The molecule has 2 bridgehead atoms. The zero-order chi connectivity index (χ0) is 22.9. The van der Waals surface area contributed by atoms with Crippen molar-refractivity contribution in [1.82, 2.24) is 10.2 Å².